The summed E-state index contributed by atoms with van der Waals surface area (Å²) in [5, 5.41) is 14.0. The molecule has 0 saturated carbocycles. The minimum Gasteiger partial charge on any atom is -0.446 e. The molecule has 2 aliphatic heterocycles. The number of nitrogens with one attached hydrogen (secondary N) is 4. The average Bonchev–Trinajstić information content (AvgIpc) is 3.77. The second-order valence-corrected chi connectivity index (χ2v) is 22.1. The van der Waals surface area contributed by atoms with Crippen LogP contribution in [0.4, 0.5) is 4.39 Å². The third kappa shape index (κ3) is 14.5. The molecule has 0 unspecified atom stereocenters. The number of ether oxygens (including phenoxy) is 1. The van der Waals surface area contributed by atoms with E-state index >= 15 is 14.4 Å². The smallest absolute Gasteiger partial charge is 0.246 e. The minimum atomic E-state index is -1.31. The van der Waals surface area contributed by atoms with Crippen LogP contribution in [0.15, 0.2) is 85.7 Å². The van der Waals surface area contributed by atoms with Crippen molar-refractivity contribution in [1.29, 1.82) is 0 Å². The number of benzene rings is 2. The fourth-order valence-electron chi connectivity index (χ4n) is 10.3. The van der Waals surface area contributed by atoms with Crippen molar-refractivity contribution < 1.29 is 42.7 Å². The van der Waals surface area contributed by atoms with Crippen molar-refractivity contribution in [1.82, 2.24) is 45.5 Å². The summed E-state index contributed by atoms with van der Waals surface area (Å²) in [7, 11) is 3.00. The molecular formula is C59H80FN9O8. The Balaban J connectivity index is 1.50. The van der Waals surface area contributed by atoms with Gasteiger partial charge in [0, 0.05) is 68.2 Å². The monoisotopic (exact) mass is 1060 g/mol. The quantitative estimate of drug-likeness (QED) is 0.0940. The molecule has 77 heavy (non-hydrogen) atoms. The first-order valence-electron chi connectivity index (χ1n) is 27.1. The maximum Gasteiger partial charge on any atom is 0.246 e. The molecule has 2 bridgehead atoms. The Morgan fingerprint density at radius 3 is 2.13 bits per heavy atom. The highest BCUT2D eigenvalue weighted by atomic mass is 19.1. The molecule has 1 saturated heterocycles. The third-order valence-corrected chi connectivity index (χ3v) is 14.8. The van der Waals surface area contributed by atoms with Crippen molar-refractivity contribution in [3.05, 3.63) is 96.9 Å². The number of halogens is 1. The second-order valence-electron chi connectivity index (χ2n) is 22.1. The summed E-state index contributed by atoms with van der Waals surface area (Å²) in [5.74, 6) is -4.27. The maximum atomic E-state index is 15.5. The summed E-state index contributed by atoms with van der Waals surface area (Å²) in [5.41, 5.74) is 1.68. The first kappa shape index (κ1) is 59.1. The van der Waals surface area contributed by atoms with E-state index < -0.39 is 96.0 Å². The van der Waals surface area contributed by atoms with Crippen LogP contribution in [0.5, 0.6) is 5.88 Å². The molecule has 4 N–H and O–H groups in total. The fraction of sp³-hybridized carbons (Fsp3) is 0.525. The number of unbranched alkanes of at least 4 members (excludes halogenated alkanes) is 1. The van der Waals surface area contributed by atoms with Crippen LogP contribution in [0.25, 0.3) is 21.7 Å². The molecular weight excluding hydrogens is 982 g/mol. The lowest BCUT2D eigenvalue weighted by Crippen LogP contribution is -2.61. The number of nitrogens with zero attached hydrogens (tertiary/aromatic N) is 5. The lowest BCUT2D eigenvalue weighted by molar-refractivity contribution is -0.150. The van der Waals surface area contributed by atoms with E-state index in [1.54, 1.807) is 24.3 Å². The van der Waals surface area contributed by atoms with Gasteiger partial charge in [0.1, 0.15) is 42.3 Å². The molecule has 4 heterocycles. The Hall–Kier alpha value is -7.11. The van der Waals surface area contributed by atoms with E-state index in [9.17, 15) is 23.6 Å². The van der Waals surface area contributed by atoms with Gasteiger partial charge < -0.3 is 45.3 Å². The molecule has 416 valence electrons. The molecule has 6 rings (SSSR count). The summed E-state index contributed by atoms with van der Waals surface area (Å²) in [6.45, 7) is 18.4. The second kappa shape index (κ2) is 26.3. The van der Waals surface area contributed by atoms with Crippen LogP contribution in [-0.2, 0) is 51.9 Å². The highest BCUT2D eigenvalue weighted by molar-refractivity contribution is 5.99. The van der Waals surface area contributed by atoms with E-state index in [-0.39, 0.29) is 62.8 Å². The fourth-order valence-corrected chi connectivity index (χ4v) is 10.3. The van der Waals surface area contributed by atoms with E-state index in [1.165, 1.54) is 41.9 Å². The average molecular weight is 1060 g/mol. The molecule has 2 aromatic heterocycles. The van der Waals surface area contributed by atoms with Crippen LogP contribution >= 0.6 is 0 Å². The molecule has 0 spiro atoms. The lowest BCUT2D eigenvalue weighted by Gasteiger charge is -2.38. The van der Waals surface area contributed by atoms with Crippen LogP contribution in [0.3, 0.4) is 0 Å². The van der Waals surface area contributed by atoms with Crippen molar-refractivity contribution in [2.45, 2.75) is 161 Å². The molecule has 7 amide bonds. The summed E-state index contributed by atoms with van der Waals surface area (Å²) in [4.78, 5) is 113. The van der Waals surface area contributed by atoms with Crippen molar-refractivity contribution in [2.24, 2.45) is 11.8 Å². The number of carbonyl (C=O) groups is 7. The Kier molecular flexibility index (Phi) is 20.2. The van der Waals surface area contributed by atoms with E-state index in [1.807, 2.05) is 97.2 Å². The molecule has 17 nitrogen and oxygen atoms in total. The number of alkyl halides is 1. The molecule has 2 aliphatic rings. The zero-order chi connectivity index (χ0) is 56.3. The van der Waals surface area contributed by atoms with Gasteiger partial charge in [-0.05, 0) is 93.4 Å². The van der Waals surface area contributed by atoms with Gasteiger partial charge in [0.25, 0.3) is 0 Å². The number of rotatable bonds is 15. The van der Waals surface area contributed by atoms with Crippen molar-refractivity contribution in [2.75, 3.05) is 27.5 Å². The zero-order valence-corrected chi connectivity index (χ0v) is 46.6. The Morgan fingerprint density at radius 2 is 1.44 bits per heavy atom. The van der Waals surface area contributed by atoms with E-state index in [2.05, 4.69) is 37.4 Å². The predicted octanol–water partition coefficient (Wildman–Crippen LogP) is 6.66. The van der Waals surface area contributed by atoms with E-state index in [0.717, 1.165) is 16.5 Å². The van der Waals surface area contributed by atoms with Crippen LogP contribution in [0.1, 0.15) is 111 Å². The summed E-state index contributed by atoms with van der Waals surface area (Å²) in [6.07, 6.45) is 11.4. The Bertz CT molecular complexity index is 2830. The van der Waals surface area contributed by atoms with Crippen LogP contribution in [0.2, 0.25) is 0 Å². The molecule has 1 fully saturated rings. The molecule has 18 heteroatoms. The van der Waals surface area contributed by atoms with Gasteiger partial charge in [0.15, 0.2) is 0 Å². The lowest BCUT2D eigenvalue weighted by atomic mass is 9.97. The van der Waals surface area contributed by atoms with Gasteiger partial charge in [-0.1, -0.05) is 96.0 Å². The molecule has 2 aromatic carbocycles. The van der Waals surface area contributed by atoms with Gasteiger partial charge in [0.2, 0.25) is 54.1 Å². The number of pyridine rings is 1. The highest BCUT2D eigenvalue weighted by Crippen LogP contribution is 2.30. The number of hydrogen-bond donors (Lipinski definition) is 4. The molecule has 7 atom stereocenters. The van der Waals surface area contributed by atoms with Gasteiger partial charge >= 0.3 is 0 Å². The summed E-state index contributed by atoms with van der Waals surface area (Å²) >= 11 is 0. The van der Waals surface area contributed by atoms with Crippen LogP contribution in [0, 0.1) is 11.8 Å². The number of aromatic nitrogens is 2. The molecule has 0 radical (unpaired) electrons. The Labute approximate surface area is 452 Å². The number of para-hydroxylation sites is 1. The Morgan fingerprint density at radius 1 is 0.779 bits per heavy atom. The summed E-state index contributed by atoms with van der Waals surface area (Å²) < 4.78 is 20.0. The van der Waals surface area contributed by atoms with Gasteiger partial charge in [-0.25, -0.2) is 9.37 Å². The van der Waals surface area contributed by atoms with Crippen molar-refractivity contribution in [3.8, 4) is 5.88 Å². The summed E-state index contributed by atoms with van der Waals surface area (Å²) in [6, 6.07) is 6.48. The van der Waals surface area contributed by atoms with Crippen molar-refractivity contribution >= 4 is 63.0 Å². The first-order valence-corrected chi connectivity index (χ1v) is 27.1. The SMILES string of the molecule is C=CC(C)(C)n1cc(C[C@@H]2NC(=O)[C@H](CCCC)NC(=O)[C@H](CC(C)C)N3CC/C=C\C[C@@H](C3=O)N(C)C(=O)[C@H](C)NC(=O)[C@H](Cc3ccc4cc(OCF)ncc4c3)NC(=O)[C@H](CC(C)C)N(C)C2=O)c2ccccc21. The number of allylic oxidation sites excluding steroid dienone is 1. The predicted molar refractivity (Wildman–Crippen MR) is 296 cm³/mol. The number of hydrogen-bond acceptors (Lipinski definition) is 9. The number of fused-ring (bicyclic) bond motifs is 4. The van der Waals surface area contributed by atoms with Gasteiger partial charge in [0.05, 0.1) is 5.54 Å². The molecule has 0 aliphatic carbocycles. The first-order chi connectivity index (χ1) is 36.6. The standard InChI is InChI=1S/C59H80FN9O8/c1-12-14-21-44-52(70)65-46(31-42-34-69(59(8,9)13-2)47-22-18-17-20-43(42)47)57(75)67(11)49(27-36(3)4)54(72)64-45(30-39-24-25-40-32-51(77-35-60)61-33-41(40)29-39)53(71)62-38(7)56(74)66(10)48-23-16-15-19-26-68(58(48)76)50(28-37(5)6)55(73)63-44/h13,15-18,20,22,24-25,29,32-34,36-38,44-46,48-50H,2,12,14,19,21,23,26-28,30-31,35H2,1,3-11H3,(H,62,71)(H,63,73)(H,64,72)(H,65,70)/b16-15-/t38-,44-,45-,46-,48-,49-,50-/m0/s1. The van der Waals surface area contributed by atoms with Crippen LogP contribution < -0.4 is 26.0 Å². The number of carbonyl (C=O) groups excluding carboxylic acids is 7. The number of likely N-dealkylation sites (N-methyl/N-ethyl adjacent to an activating group) is 2. The van der Waals surface area contributed by atoms with Gasteiger partial charge in [-0.15, -0.1) is 6.58 Å². The maximum absolute atomic E-state index is 15.5. The zero-order valence-electron chi connectivity index (χ0n) is 46.6. The van der Waals surface area contributed by atoms with Gasteiger partial charge in [-0.2, -0.15) is 0 Å². The van der Waals surface area contributed by atoms with E-state index in [0.29, 0.717) is 35.6 Å². The normalized spacial score (nSPS) is 23.5. The largest absolute Gasteiger partial charge is 0.446 e. The number of amides is 7. The van der Waals surface area contributed by atoms with Crippen LogP contribution in [-0.4, -0.2) is 135 Å². The highest BCUT2D eigenvalue weighted by Gasteiger charge is 2.41. The van der Waals surface area contributed by atoms with Gasteiger partial charge in [-0.3, -0.25) is 33.6 Å². The topological polar surface area (TPSA) is 204 Å². The third-order valence-electron chi connectivity index (χ3n) is 14.8. The minimum absolute atomic E-state index is 0.00401. The van der Waals surface area contributed by atoms with Crippen molar-refractivity contribution in [3.63, 3.8) is 0 Å². The van der Waals surface area contributed by atoms with E-state index in [4.69, 9.17) is 4.74 Å². The molecule has 4 aromatic rings.